The molecule has 0 saturated carbocycles. The van der Waals surface area contributed by atoms with Gasteiger partial charge < -0.3 is 20.0 Å². The Balaban J connectivity index is 1.41. The molecule has 1 aromatic carbocycles. The molecule has 0 spiro atoms. The summed E-state index contributed by atoms with van der Waals surface area (Å²) in [5.41, 5.74) is 0.460. The lowest BCUT2D eigenvalue weighted by atomic mass is 10.1. The Morgan fingerprint density at radius 2 is 2.06 bits per heavy atom. The SMILES string of the molecule is C[C@H]1CN(C(=O)Nc2nc3c(F)cc(F)cc3s2)CCN1c1ncc(C[C@@H](O)CO)cc1F. The van der Waals surface area contributed by atoms with Crippen molar-refractivity contribution < 1.29 is 28.2 Å². The predicted molar refractivity (Wildman–Crippen MR) is 118 cm³/mol. The van der Waals surface area contributed by atoms with Crippen LogP contribution in [-0.2, 0) is 6.42 Å². The van der Waals surface area contributed by atoms with E-state index in [9.17, 15) is 23.1 Å². The highest BCUT2D eigenvalue weighted by molar-refractivity contribution is 7.22. The van der Waals surface area contributed by atoms with Crippen molar-refractivity contribution in [2.75, 3.05) is 36.5 Å². The second-order valence-corrected chi connectivity index (χ2v) is 8.89. The van der Waals surface area contributed by atoms with Gasteiger partial charge in [-0.2, -0.15) is 0 Å². The highest BCUT2D eigenvalue weighted by Crippen LogP contribution is 2.29. The molecule has 2 amide bonds. The van der Waals surface area contributed by atoms with E-state index in [1.807, 2.05) is 6.92 Å². The molecular formula is C21H22F3N5O3S. The van der Waals surface area contributed by atoms with Gasteiger partial charge in [0.15, 0.2) is 22.6 Å². The molecule has 0 radical (unpaired) electrons. The van der Waals surface area contributed by atoms with Crippen molar-refractivity contribution in [3.63, 3.8) is 0 Å². The molecule has 4 rings (SSSR count). The number of urea groups is 1. The number of halogens is 3. The molecule has 33 heavy (non-hydrogen) atoms. The van der Waals surface area contributed by atoms with Gasteiger partial charge in [-0.15, -0.1) is 0 Å². The van der Waals surface area contributed by atoms with E-state index in [2.05, 4.69) is 15.3 Å². The molecule has 1 aliphatic heterocycles. The van der Waals surface area contributed by atoms with Crippen molar-refractivity contribution in [3.8, 4) is 0 Å². The van der Waals surface area contributed by atoms with E-state index >= 15 is 0 Å². The van der Waals surface area contributed by atoms with Crippen LogP contribution in [0.2, 0.25) is 0 Å². The number of nitrogens with zero attached hydrogens (tertiary/aromatic N) is 4. The molecule has 3 aromatic rings. The van der Waals surface area contributed by atoms with Gasteiger partial charge in [0, 0.05) is 44.4 Å². The lowest BCUT2D eigenvalue weighted by molar-refractivity contribution is 0.0954. The molecule has 3 heterocycles. The molecular weight excluding hydrogens is 459 g/mol. The maximum atomic E-state index is 14.7. The Labute approximate surface area is 191 Å². The molecule has 1 saturated heterocycles. The van der Waals surface area contributed by atoms with Crippen LogP contribution in [0.15, 0.2) is 24.4 Å². The number of fused-ring (bicyclic) bond motifs is 1. The number of rotatable bonds is 5. The van der Waals surface area contributed by atoms with E-state index < -0.39 is 36.2 Å². The minimum absolute atomic E-state index is 0.00797. The standard InChI is InChI=1S/C21H22F3N5O3S/c1-11-9-28(21(32)27-20-26-18-15(23)6-13(22)7-17(18)33-20)2-3-29(11)19-16(24)5-12(8-25-19)4-14(31)10-30/h5-8,11,14,30-31H,2-4,9-10H2,1H3,(H,26,27,32)/t11-,14+/m0/s1. The van der Waals surface area contributed by atoms with Crippen LogP contribution in [-0.4, -0.2) is 69.5 Å². The normalized spacial score (nSPS) is 17.5. The number of nitrogens with one attached hydrogen (secondary N) is 1. The maximum Gasteiger partial charge on any atom is 0.323 e. The van der Waals surface area contributed by atoms with Gasteiger partial charge in [-0.3, -0.25) is 5.32 Å². The third-order valence-corrected chi connectivity index (χ3v) is 6.29. The number of aromatic nitrogens is 2. The van der Waals surface area contributed by atoms with Gasteiger partial charge in [0.05, 0.1) is 17.4 Å². The topological polar surface area (TPSA) is 102 Å². The van der Waals surface area contributed by atoms with E-state index in [0.717, 1.165) is 23.5 Å². The van der Waals surface area contributed by atoms with Crippen molar-refractivity contribution in [2.45, 2.75) is 25.5 Å². The summed E-state index contributed by atoms with van der Waals surface area (Å²) in [7, 11) is 0. The van der Waals surface area contributed by atoms with Crippen LogP contribution < -0.4 is 10.2 Å². The number of anilines is 2. The molecule has 1 aliphatic rings. The minimum Gasteiger partial charge on any atom is -0.394 e. The molecule has 8 nitrogen and oxygen atoms in total. The summed E-state index contributed by atoms with van der Waals surface area (Å²) in [5, 5.41) is 21.2. The number of carbonyl (C=O) groups is 1. The van der Waals surface area contributed by atoms with Crippen molar-refractivity contribution >= 4 is 38.5 Å². The van der Waals surface area contributed by atoms with Crippen LogP contribution in [0.25, 0.3) is 10.2 Å². The number of thiazole rings is 1. The number of carbonyl (C=O) groups excluding carboxylic acids is 1. The van der Waals surface area contributed by atoms with Gasteiger partial charge in [-0.1, -0.05) is 11.3 Å². The number of piperazine rings is 1. The molecule has 12 heteroatoms. The molecule has 0 unspecified atom stereocenters. The van der Waals surface area contributed by atoms with Crippen LogP contribution in [0.3, 0.4) is 0 Å². The zero-order chi connectivity index (χ0) is 23.7. The van der Waals surface area contributed by atoms with Gasteiger partial charge in [-0.05, 0) is 24.6 Å². The number of benzene rings is 1. The zero-order valence-corrected chi connectivity index (χ0v) is 18.4. The summed E-state index contributed by atoms with van der Waals surface area (Å²) < 4.78 is 42.2. The zero-order valence-electron chi connectivity index (χ0n) is 17.6. The molecule has 2 atom stereocenters. The van der Waals surface area contributed by atoms with Crippen molar-refractivity contribution in [3.05, 3.63) is 47.4 Å². The van der Waals surface area contributed by atoms with Gasteiger partial charge in [-0.25, -0.2) is 27.9 Å². The Bertz CT molecular complexity index is 1180. The maximum absolute atomic E-state index is 14.7. The second kappa shape index (κ2) is 9.49. The number of hydrogen-bond acceptors (Lipinski definition) is 7. The fourth-order valence-electron chi connectivity index (χ4n) is 3.77. The summed E-state index contributed by atoms with van der Waals surface area (Å²) in [6, 6.07) is 2.49. The fraction of sp³-hybridized carbons (Fsp3) is 0.381. The van der Waals surface area contributed by atoms with E-state index in [0.29, 0.717) is 12.1 Å². The Morgan fingerprint density at radius 3 is 2.76 bits per heavy atom. The quantitative estimate of drug-likeness (QED) is 0.518. The molecule has 0 aliphatic carbocycles. The molecule has 0 bridgehead atoms. The molecule has 2 aromatic heterocycles. The van der Waals surface area contributed by atoms with E-state index in [1.165, 1.54) is 17.2 Å². The summed E-state index contributed by atoms with van der Waals surface area (Å²) in [5.74, 6) is -1.92. The second-order valence-electron chi connectivity index (χ2n) is 7.86. The fourth-order valence-corrected chi connectivity index (χ4v) is 4.66. The summed E-state index contributed by atoms with van der Waals surface area (Å²) in [6.07, 6.45) is 0.564. The Morgan fingerprint density at radius 1 is 1.27 bits per heavy atom. The summed E-state index contributed by atoms with van der Waals surface area (Å²) in [6.45, 7) is 2.31. The number of aliphatic hydroxyl groups is 2. The first-order valence-electron chi connectivity index (χ1n) is 10.3. The largest absolute Gasteiger partial charge is 0.394 e. The molecule has 3 N–H and O–H groups in total. The first-order valence-corrected chi connectivity index (χ1v) is 11.1. The lowest BCUT2D eigenvalue weighted by Gasteiger charge is -2.40. The van der Waals surface area contributed by atoms with Gasteiger partial charge in [0.25, 0.3) is 0 Å². The van der Waals surface area contributed by atoms with Gasteiger partial charge >= 0.3 is 6.03 Å². The lowest BCUT2D eigenvalue weighted by Crippen LogP contribution is -2.55. The van der Waals surface area contributed by atoms with E-state index in [1.54, 1.807) is 4.90 Å². The van der Waals surface area contributed by atoms with Crippen LogP contribution in [0.5, 0.6) is 0 Å². The van der Waals surface area contributed by atoms with Crippen LogP contribution in [0, 0.1) is 17.5 Å². The Hall–Kier alpha value is -2.96. The molecule has 176 valence electrons. The van der Waals surface area contributed by atoms with Gasteiger partial charge in [0.2, 0.25) is 0 Å². The van der Waals surface area contributed by atoms with Crippen molar-refractivity contribution in [1.29, 1.82) is 0 Å². The Kier molecular flexibility index (Phi) is 6.68. The first kappa shape index (κ1) is 23.2. The monoisotopic (exact) mass is 481 g/mol. The first-order chi connectivity index (χ1) is 15.7. The molecule has 1 fully saturated rings. The van der Waals surface area contributed by atoms with Gasteiger partial charge in [0.1, 0.15) is 11.3 Å². The number of amides is 2. The average Bonchev–Trinajstić information content (AvgIpc) is 3.16. The van der Waals surface area contributed by atoms with E-state index in [4.69, 9.17) is 5.11 Å². The minimum atomic E-state index is -0.982. The smallest absolute Gasteiger partial charge is 0.323 e. The van der Waals surface area contributed by atoms with E-state index in [-0.39, 0.29) is 46.7 Å². The van der Waals surface area contributed by atoms with Crippen molar-refractivity contribution in [1.82, 2.24) is 14.9 Å². The summed E-state index contributed by atoms with van der Waals surface area (Å²) in [4.78, 5) is 24.2. The highest BCUT2D eigenvalue weighted by atomic mass is 32.1. The highest BCUT2D eigenvalue weighted by Gasteiger charge is 2.29. The summed E-state index contributed by atoms with van der Waals surface area (Å²) >= 11 is 0.972. The number of hydrogen-bond donors (Lipinski definition) is 3. The van der Waals surface area contributed by atoms with Crippen LogP contribution in [0.4, 0.5) is 28.9 Å². The van der Waals surface area contributed by atoms with Crippen LogP contribution >= 0.6 is 11.3 Å². The van der Waals surface area contributed by atoms with Crippen molar-refractivity contribution in [2.24, 2.45) is 0 Å². The average molecular weight is 482 g/mol. The number of pyridine rings is 1. The third-order valence-electron chi connectivity index (χ3n) is 5.37. The van der Waals surface area contributed by atoms with Crippen LogP contribution in [0.1, 0.15) is 12.5 Å². The number of aliphatic hydroxyl groups excluding tert-OH is 2. The predicted octanol–water partition coefficient (Wildman–Crippen LogP) is 2.75. The third kappa shape index (κ3) is 5.02.